The topological polar surface area (TPSA) is 71.3 Å². The Morgan fingerprint density at radius 1 is 1.30 bits per heavy atom. The zero-order chi connectivity index (χ0) is 14.3. The first kappa shape index (κ1) is 14.1. The van der Waals surface area contributed by atoms with E-state index in [4.69, 9.17) is 4.42 Å². The third-order valence-electron chi connectivity index (χ3n) is 4.05. The van der Waals surface area contributed by atoms with Gasteiger partial charge in [0.05, 0.1) is 6.54 Å². The van der Waals surface area contributed by atoms with Crippen molar-refractivity contribution in [1.29, 1.82) is 0 Å². The summed E-state index contributed by atoms with van der Waals surface area (Å²) >= 11 is 0. The van der Waals surface area contributed by atoms with Crippen molar-refractivity contribution in [1.82, 2.24) is 10.0 Å². The maximum atomic E-state index is 12.3. The Balaban J connectivity index is 1.67. The minimum atomic E-state index is -3.45. The van der Waals surface area contributed by atoms with E-state index in [1.807, 2.05) is 0 Å². The quantitative estimate of drug-likeness (QED) is 0.841. The lowest BCUT2D eigenvalue weighted by molar-refractivity contribution is 0.270. The molecule has 1 aromatic heterocycles. The summed E-state index contributed by atoms with van der Waals surface area (Å²) in [7, 11) is -3.45. The largest absolute Gasteiger partial charge is 0.464 e. The van der Waals surface area contributed by atoms with Gasteiger partial charge < -0.3 is 9.73 Å². The van der Waals surface area contributed by atoms with Gasteiger partial charge >= 0.3 is 0 Å². The predicted molar refractivity (Wildman–Crippen MR) is 75.8 cm³/mol. The third kappa shape index (κ3) is 3.07. The van der Waals surface area contributed by atoms with Crippen LogP contribution < -0.4 is 10.0 Å². The molecule has 0 spiro atoms. The van der Waals surface area contributed by atoms with Crippen molar-refractivity contribution >= 4 is 10.0 Å². The summed E-state index contributed by atoms with van der Waals surface area (Å²) in [6.45, 7) is 4.44. The third-order valence-corrected chi connectivity index (χ3v) is 5.68. The van der Waals surface area contributed by atoms with Gasteiger partial charge in [-0.1, -0.05) is 6.92 Å². The Morgan fingerprint density at radius 3 is 2.60 bits per heavy atom. The molecule has 3 rings (SSSR count). The summed E-state index contributed by atoms with van der Waals surface area (Å²) in [6.07, 6.45) is 4.25. The zero-order valence-corrected chi connectivity index (χ0v) is 12.8. The Bertz CT molecular complexity index is 584. The molecule has 112 valence electrons. The Kier molecular flexibility index (Phi) is 3.64. The zero-order valence-electron chi connectivity index (χ0n) is 12.0. The highest BCUT2D eigenvalue weighted by molar-refractivity contribution is 7.89. The fourth-order valence-electron chi connectivity index (χ4n) is 2.69. The Labute approximate surface area is 120 Å². The average molecular weight is 298 g/mol. The lowest BCUT2D eigenvalue weighted by atomic mass is 9.83. The minimum absolute atomic E-state index is 0.0809. The number of furan rings is 1. The highest BCUT2D eigenvalue weighted by atomic mass is 32.2. The summed E-state index contributed by atoms with van der Waals surface area (Å²) in [6, 6.07) is 2.31. The van der Waals surface area contributed by atoms with Gasteiger partial charge in [0, 0.05) is 18.2 Å². The SMILES string of the molecule is Cc1oc(CNC2CC2)cc1S(=O)(=O)NC1CC(C)C1. The van der Waals surface area contributed by atoms with Crippen LogP contribution in [0.25, 0.3) is 0 Å². The first-order valence-electron chi connectivity index (χ1n) is 7.29. The van der Waals surface area contributed by atoms with Crippen LogP contribution in [0.15, 0.2) is 15.4 Å². The van der Waals surface area contributed by atoms with Crippen molar-refractivity contribution in [3.63, 3.8) is 0 Å². The molecule has 0 aromatic carbocycles. The molecule has 2 fully saturated rings. The summed E-state index contributed by atoms with van der Waals surface area (Å²) in [5, 5.41) is 3.32. The molecule has 0 bridgehead atoms. The van der Waals surface area contributed by atoms with Crippen molar-refractivity contribution in [2.24, 2.45) is 5.92 Å². The van der Waals surface area contributed by atoms with E-state index >= 15 is 0 Å². The number of sulfonamides is 1. The second-order valence-corrected chi connectivity index (χ2v) is 7.87. The van der Waals surface area contributed by atoms with E-state index in [-0.39, 0.29) is 10.9 Å². The molecule has 5 nitrogen and oxygen atoms in total. The molecular formula is C14H22N2O3S. The van der Waals surface area contributed by atoms with E-state index in [0.29, 0.717) is 30.0 Å². The number of rotatable bonds is 6. The molecule has 2 N–H and O–H groups in total. The average Bonchev–Trinajstić information content (AvgIpc) is 3.07. The van der Waals surface area contributed by atoms with Crippen molar-refractivity contribution in [2.75, 3.05) is 0 Å². The Morgan fingerprint density at radius 2 is 2.00 bits per heavy atom. The number of hydrogen-bond acceptors (Lipinski definition) is 4. The van der Waals surface area contributed by atoms with E-state index in [1.165, 1.54) is 12.8 Å². The van der Waals surface area contributed by atoms with E-state index in [0.717, 1.165) is 12.8 Å². The van der Waals surface area contributed by atoms with Gasteiger partial charge in [0.15, 0.2) is 0 Å². The van der Waals surface area contributed by atoms with Crippen LogP contribution in [0.1, 0.15) is 44.1 Å². The van der Waals surface area contributed by atoms with E-state index in [9.17, 15) is 8.42 Å². The van der Waals surface area contributed by atoms with Gasteiger partial charge in [0.2, 0.25) is 10.0 Å². The van der Waals surface area contributed by atoms with Crippen LogP contribution >= 0.6 is 0 Å². The van der Waals surface area contributed by atoms with Crippen molar-refractivity contribution in [3.05, 3.63) is 17.6 Å². The number of nitrogens with one attached hydrogen (secondary N) is 2. The van der Waals surface area contributed by atoms with Gasteiger partial charge in [-0.2, -0.15) is 0 Å². The fourth-order valence-corrected chi connectivity index (χ4v) is 4.16. The van der Waals surface area contributed by atoms with Gasteiger partial charge in [0.25, 0.3) is 0 Å². The molecule has 6 heteroatoms. The molecule has 1 aromatic rings. The molecule has 2 aliphatic rings. The van der Waals surface area contributed by atoms with Gasteiger partial charge in [-0.05, 0) is 38.5 Å². The summed E-state index contributed by atoms with van der Waals surface area (Å²) in [4.78, 5) is 0.282. The molecule has 0 aliphatic heterocycles. The Hall–Kier alpha value is -0.850. The predicted octanol–water partition coefficient (Wildman–Crippen LogP) is 1.92. The molecule has 0 atom stereocenters. The van der Waals surface area contributed by atoms with Gasteiger partial charge in [0.1, 0.15) is 16.4 Å². The second kappa shape index (κ2) is 5.16. The van der Waals surface area contributed by atoms with Crippen molar-refractivity contribution in [2.45, 2.75) is 63.1 Å². The first-order chi connectivity index (χ1) is 9.44. The summed E-state index contributed by atoms with van der Waals surface area (Å²) < 4.78 is 33.0. The molecule has 2 saturated carbocycles. The van der Waals surface area contributed by atoms with Crippen molar-refractivity contribution < 1.29 is 12.8 Å². The number of aryl methyl sites for hydroxylation is 1. The molecule has 2 aliphatic carbocycles. The van der Waals surface area contributed by atoms with E-state index < -0.39 is 10.0 Å². The van der Waals surface area contributed by atoms with E-state index in [2.05, 4.69) is 17.0 Å². The molecule has 0 unspecified atom stereocenters. The normalized spacial score (nSPS) is 26.5. The number of hydrogen-bond donors (Lipinski definition) is 2. The first-order valence-corrected chi connectivity index (χ1v) is 8.77. The van der Waals surface area contributed by atoms with Crippen LogP contribution in [0, 0.1) is 12.8 Å². The molecular weight excluding hydrogens is 276 g/mol. The van der Waals surface area contributed by atoms with Crippen LogP contribution in [-0.2, 0) is 16.6 Å². The van der Waals surface area contributed by atoms with Gasteiger partial charge in [-0.15, -0.1) is 0 Å². The monoisotopic (exact) mass is 298 g/mol. The van der Waals surface area contributed by atoms with Crippen LogP contribution in [0.2, 0.25) is 0 Å². The van der Waals surface area contributed by atoms with Crippen molar-refractivity contribution in [3.8, 4) is 0 Å². The lowest BCUT2D eigenvalue weighted by Gasteiger charge is -2.32. The second-order valence-electron chi connectivity index (χ2n) is 6.18. The van der Waals surface area contributed by atoms with Crippen LogP contribution in [0.4, 0.5) is 0 Å². The highest BCUT2D eigenvalue weighted by Gasteiger charge is 2.31. The molecule has 20 heavy (non-hydrogen) atoms. The summed E-state index contributed by atoms with van der Waals surface area (Å²) in [5.74, 6) is 1.78. The van der Waals surface area contributed by atoms with Gasteiger partial charge in [-0.3, -0.25) is 0 Å². The molecule has 0 amide bonds. The van der Waals surface area contributed by atoms with Crippen LogP contribution in [0.3, 0.4) is 0 Å². The van der Waals surface area contributed by atoms with E-state index in [1.54, 1.807) is 13.0 Å². The maximum Gasteiger partial charge on any atom is 0.244 e. The maximum absolute atomic E-state index is 12.3. The van der Waals surface area contributed by atoms with Crippen LogP contribution in [-0.4, -0.2) is 20.5 Å². The molecule has 1 heterocycles. The molecule has 0 saturated heterocycles. The minimum Gasteiger partial charge on any atom is -0.464 e. The van der Waals surface area contributed by atoms with Gasteiger partial charge in [-0.25, -0.2) is 13.1 Å². The lowest BCUT2D eigenvalue weighted by Crippen LogP contribution is -2.43. The smallest absolute Gasteiger partial charge is 0.244 e. The highest BCUT2D eigenvalue weighted by Crippen LogP contribution is 2.29. The standard InChI is InChI=1S/C14H22N2O3S/c1-9-5-12(6-9)16-20(17,18)14-7-13(19-10(14)2)8-15-11-3-4-11/h7,9,11-12,15-16H,3-6,8H2,1-2H3. The van der Waals surface area contributed by atoms with Crippen LogP contribution in [0.5, 0.6) is 0 Å². The fraction of sp³-hybridized carbons (Fsp3) is 0.714. The summed E-state index contributed by atoms with van der Waals surface area (Å²) in [5.41, 5.74) is 0. The molecule has 0 radical (unpaired) electrons.